The van der Waals surface area contributed by atoms with Gasteiger partial charge in [0.1, 0.15) is 5.69 Å². The molecule has 10 nitrogen and oxygen atoms in total. The molecule has 1 amide bonds. The Morgan fingerprint density at radius 1 is 1.03 bits per heavy atom. The minimum Gasteiger partial charge on any atom is -0.401 e. The van der Waals surface area contributed by atoms with E-state index in [1.54, 1.807) is 16.9 Å². The maximum atomic E-state index is 13.1. The monoisotopic (exact) mass is 492 g/mol. The second kappa shape index (κ2) is 9.08. The smallest absolute Gasteiger partial charge is 0.322 e. The fourth-order valence-electron chi connectivity index (χ4n) is 4.04. The van der Waals surface area contributed by atoms with E-state index in [2.05, 4.69) is 20.6 Å². The molecule has 0 bridgehead atoms. The molecule has 1 aliphatic heterocycles. The lowest BCUT2D eigenvalue weighted by Crippen LogP contribution is -2.35. The lowest BCUT2D eigenvalue weighted by Gasteiger charge is -2.28. The quantitative estimate of drug-likeness (QED) is 0.437. The highest BCUT2D eigenvalue weighted by atomic mass is 32.2. The van der Waals surface area contributed by atoms with Crippen LogP contribution in [0.3, 0.4) is 0 Å². The van der Waals surface area contributed by atoms with Crippen LogP contribution in [0.15, 0.2) is 70.1 Å². The lowest BCUT2D eigenvalue weighted by atomic mass is 10.0. The molecule has 2 aromatic carbocycles. The summed E-state index contributed by atoms with van der Waals surface area (Å²) in [6, 6.07) is 15.4. The van der Waals surface area contributed by atoms with Crippen LogP contribution in [-0.4, -0.2) is 45.2 Å². The van der Waals surface area contributed by atoms with Crippen LogP contribution in [0.4, 0.5) is 6.01 Å². The van der Waals surface area contributed by atoms with E-state index in [1.807, 2.05) is 38.1 Å². The van der Waals surface area contributed by atoms with Crippen molar-refractivity contribution >= 4 is 21.9 Å². The average Bonchev–Trinajstić information content (AvgIpc) is 3.53. The number of hydrogen-bond acceptors (Lipinski definition) is 7. The van der Waals surface area contributed by atoms with Gasteiger partial charge in [0.15, 0.2) is 0 Å². The number of sulfonamides is 1. The van der Waals surface area contributed by atoms with Crippen LogP contribution in [0.2, 0.25) is 0 Å². The molecule has 0 saturated heterocycles. The van der Waals surface area contributed by atoms with Crippen molar-refractivity contribution in [2.24, 2.45) is 0 Å². The number of rotatable bonds is 6. The Balaban J connectivity index is 1.28. The molecule has 0 atom stereocenters. The van der Waals surface area contributed by atoms with Crippen molar-refractivity contribution in [2.75, 3.05) is 11.9 Å². The molecule has 0 saturated carbocycles. The first-order chi connectivity index (χ1) is 16.8. The van der Waals surface area contributed by atoms with Gasteiger partial charge in [0.25, 0.3) is 11.8 Å². The van der Waals surface area contributed by atoms with Crippen LogP contribution in [0.25, 0.3) is 11.6 Å². The topological polar surface area (TPSA) is 123 Å². The number of benzene rings is 2. The SMILES string of the molecule is CC(C)n1nccc1-c1nnc(NC(=O)c2ccc(S(=O)(=O)N3CCc4ccccc4C3)cc2)o1. The van der Waals surface area contributed by atoms with Crippen LogP contribution in [0.1, 0.15) is 41.4 Å². The first kappa shape index (κ1) is 22.9. The minimum atomic E-state index is -3.69. The molecular weight excluding hydrogens is 468 g/mol. The number of carbonyl (C=O) groups excluding carboxylic acids is 1. The number of hydrogen-bond donors (Lipinski definition) is 1. The molecule has 2 aromatic heterocycles. The van der Waals surface area contributed by atoms with Crippen LogP contribution in [-0.2, 0) is 23.0 Å². The maximum absolute atomic E-state index is 13.1. The van der Waals surface area contributed by atoms with Crippen molar-refractivity contribution in [3.05, 3.63) is 77.5 Å². The van der Waals surface area contributed by atoms with E-state index in [-0.39, 0.29) is 28.4 Å². The molecule has 4 aromatic rings. The summed E-state index contributed by atoms with van der Waals surface area (Å²) in [5, 5.41) is 14.7. The molecule has 1 N–H and O–H groups in total. The first-order valence-corrected chi connectivity index (χ1v) is 12.6. The predicted molar refractivity (Wildman–Crippen MR) is 128 cm³/mol. The zero-order chi connectivity index (χ0) is 24.6. The second-order valence-corrected chi connectivity index (χ2v) is 10.4. The van der Waals surface area contributed by atoms with E-state index >= 15 is 0 Å². The third kappa shape index (κ3) is 4.47. The van der Waals surface area contributed by atoms with E-state index in [9.17, 15) is 13.2 Å². The van der Waals surface area contributed by atoms with Crippen LogP contribution in [0.5, 0.6) is 0 Å². The fourth-order valence-corrected chi connectivity index (χ4v) is 5.46. The molecule has 0 unspecified atom stereocenters. The molecular formula is C24H24N6O4S. The van der Waals surface area contributed by atoms with Crippen LogP contribution >= 0.6 is 0 Å². The third-order valence-corrected chi connectivity index (χ3v) is 7.73. The Bertz CT molecular complexity index is 1470. The Labute approximate surface area is 202 Å². The lowest BCUT2D eigenvalue weighted by molar-refractivity contribution is 0.102. The summed E-state index contributed by atoms with van der Waals surface area (Å²) in [5.41, 5.74) is 3.08. The number of nitrogens with one attached hydrogen (secondary N) is 1. The van der Waals surface area contributed by atoms with Crippen molar-refractivity contribution in [2.45, 2.75) is 37.8 Å². The summed E-state index contributed by atoms with van der Waals surface area (Å²) < 4.78 is 35.1. The number of fused-ring (bicyclic) bond motifs is 1. The number of nitrogens with zero attached hydrogens (tertiary/aromatic N) is 5. The van der Waals surface area contributed by atoms with E-state index in [1.165, 1.54) is 34.1 Å². The molecule has 180 valence electrons. The number of amides is 1. The highest BCUT2D eigenvalue weighted by molar-refractivity contribution is 7.89. The fraction of sp³-hybridized carbons (Fsp3) is 0.250. The molecule has 0 spiro atoms. The molecule has 0 aliphatic carbocycles. The first-order valence-electron chi connectivity index (χ1n) is 11.2. The Morgan fingerprint density at radius 2 is 1.77 bits per heavy atom. The van der Waals surface area contributed by atoms with E-state index < -0.39 is 15.9 Å². The number of aromatic nitrogens is 4. The average molecular weight is 493 g/mol. The van der Waals surface area contributed by atoms with E-state index in [0.717, 1.165) is 5.56 Å². The van der Waals surface area contributed by atoms with Gasteiger partial charge in [0, 0.05) is 30.9 Å². The van der Waals surface area contributed by atoms with Gasteiger partial charge in [-0.15, -0.1) is 5.10 Å². The Hall–Kier alpha value is -3.83. The summed E-state index contributed by atoms with van der Waals surface area (Å²) in [4.78, 5) is 12.8. The van der Waals surface area contributed by atoms with Gasteiger partial charge >= 0.3 is 6.01 Å². The summed E-state index contributed by atoms with van der Waals surface area (Å²) in [6.07, 6.45) is 2.30. The van der Waals surface area contributed by atoms with Gasteiger partial charge in [-0.2, -0.15) is 9.40 Å². The van der Waals surface area contributed by atoms with Gasteiger partial charge in [-0.3, -0.25) is 14.8 Å². The molecule has 0 radical (unpaired) electrons. The van der Waals surface area contributed by atoms with Crippen LogP contribution in [0, 0.1) is 0 Å². The molecule has 35 heavy (non-hydrogen) atoms. The molecule has 0 fully saturated rings. The van der Waals surface area contributed by atoms with Gasteiger partial charge < -0.3 is 4.42 Å². The third-order valence-electron chi connectivity index (χ3n) is 5.87. The molecule has 11 heteroatoms. The highest BCUT2D eigenvalue weighted by Crippen LogP contribution is 2.26. The van der Waals surface area contributed by atoms with Gasteiger partial charge in [-0.25, -0.2) is 8.42 Å². The van der Waals surface area contributed by atoms with Crippen molar-refractivity contribution < 1.29 is 17.6 Å². The summed E-state index contributed by atoms with van der Waals surface area (Å²) in [7, 11) is -3.69. The summed E-state index contributed by atoms with van der Waals surface area (Å²) in [5.74, 6) is -0.260. The molecule has 1 aliphatic rings. The van der Waals surface area contributed by atoms with Gasteiger partial charge in [0.05, 0.1) is 4.90 Å². The van der Waals surface area contributed by atoms with Crippen molar-refractivity contribution in [1.29, 1.82) is 0 Å². The van der Waals surface area contributed by atoms with E-state index in [0.29, 0.717) is 25.2 Å². The normalized spacial score (nSPS) is 14.1. The van der Waals surface area contributed by atoms with Crippen LogP contribution < -0.4 is 5.32 Å². The maximum Gasteiger partial charge on any atom is 0.322 e. The second-order valence-electron chi connectivity index (χ2n) is 8.50. The Morgan fingerprint density at radius 3 is 2.51 bits per heavy atom. The van der Waals surface area contributed by atoms with Crippen molar-refractivity contribution in [3.63, 3.8) is 0 Å². The molecule has 3 heterocycles. The zero-order valence-corrected chi connectivity index (χ0v) is 20.1. The van der Waals surface area contributed by atoms with Gasteiger partial charge in [-0.1, -0.05) is 29.4 Å². The minimum absolute atomic E-state index is 0.0646. The van der Waals surface area contributed by atoms with E-state index in [4.69, 9.17) is 4.42 Å². The summed E-state index contributed by atoms with van der Waals surface area (Å²) in [6.45, 7) is 4.69. The number of anilines is 1. The predicted octanol–water partition coefficient (Wildman–Crippen LogP) is 3.51. The van der Waals surface area contributed by atoms with Crippen molar-refractivity contribution in [3.8, 4) is 11.6 Å². The Kier molecular flexibility index (Phi) is 5.95. The largest absolute Gasteiger partial charge is 0.401 e. The standard InChI is InChI=1S/C24H24N6O4S/c1-16(2)30-21(11-13-25-30)23-27-28-24(34-23)26-22(31)18-7-9-20(10-8-18)35(32,33)29-14-12-17-5-3-4-6-19(17)15-29/h3-11,13,16H,12,14-15H2,1-2H3,(H,26,28,31). The number of carbonyl (C=O) groups is 1. The van der Waals surface area contributed by atoms with Crippen molar-refractivity contribution in [1.82, 2.24) is 24.3 Å². The zero-order valence-electron chi connectivity index (χ0n) is 19.2. The summed E-state index contributed by atoms with van der Waals surface area (Å²) >= 11 is 0. The van der Waals surface area contributed by atoms with Gasteiger partial charge in [0.2, 0.25) is 10.0 Å². The molecule has 5 rings (SSSR count). The highest BCUT2D eigenvalue weighted by Gasteiger charge is 2.28. The van der Waals surface area contributed by atoms with Gasteiger partial charge in [-0.05, 0) is 61.7 Å².